The predicted octanol–water partition coefficient (Wildman–Crippen LogP) is 3.38. The van der Waals surface area contributed by atoms with Crippen molar-refractivity contribution in [3.63, 3.8) is 0 Å². The zero-order chi connectivity index (χ0) is 13.8. The summed E-state index contributed by atoms with van der Waals surface area (Å²) < 4.78 is 2.04. The Labute approximate surface area is 121 Å². The molecule has 2 atom stereocenters. The highest BCUT2D eigenvalue weighted by Gasteiger charge is 2.21. The summed E-state index contributed by atoms with van der Waals surface area (Å²) >= 11 is 0. The first-order chi connectivity index (χ1) is 9.85. The van der Waals surface area contributed by atoms with Crippen molar-refractivity contribution in [1.82, 2.24) is 15.1 Å². The van der Waals surface area contributed by atoms with Crippen LogP contribution in [0.4, 0.5) is 0 Å². The van der Waals surface area contributed by atoms with Crippen LogP contribution in [0.25, 0.3) is 0 Å². The standard InChI is InChI=1S/C17H23N3/c1-2-14-8-9-17(18-10-14)16-11-19-20(13-16)12-15-6-4-3-5-7-15/h3-7,11,13-14,17-18H,2,8-10,12H2,1H3. The van der Waals surface area contributed by atoms with E-state index in [1.54, 1.807) is 0 Å². The van der Waals surface area contributed by atoms with E-state index < -0.39 is 0 Å². The molecule has 1 N–H and O–H groups in total. The number of hydrogen-bond donors (Lipinski definition) is 1. The Morgan fingerprint density at radius 2 is 2.10 bits per heavy atom. The van der Waals surface area contributed by atoms with Gasteiger partial charge in [-0.3, -0.25) is 4.68 Å². The lowest BCUT2D eigenvalue weighted by atomic mass is 9.91. The van der Waals surface area contributed by atoms with Crippen molar-refractivity contribution in [2.75, 3.05) is 6.54 Å². The van der Waals surface area contributed by atoms with Gasteiger partial charge in [0.15, 0.2) is 0 Å². The minimum absolute atomic E-state index is 0.488. The molecule has 2 aromatic rings. The van der Waals surface area contributed by atoms with Gasteiger partial charge >= 0.3 is 0 Å². The Kier molecular flexibility index (Phi) is 4.16. The minimum atomic E-state index is 0.488. The van der Waals surface area contributed by atoms with Crippen molar-refractivity contribution in [2.24, 2.45) is 5.92 Å². The zero-order valence-electron chi connectivity index (χ0n) is 12.1. The molecule has 0 spiro atoms. The van der Waals surface area contributed by atoms with E-state index in [1.165, 1.54) is 30.4 Å². The SMILES string of the molecule is CCC1CCC(c2cnn(Cc3ccccc3)c2)NC1. The smallest absolute Gasteiger partial charge is 0.0659 e. The van der Waals surface area contributed by atoms with E-state index in [0.717, 1.165) is 19.0 Å². The molecular weight excluding hydrogens is 246 g/mol. The van der Waals surface area contributed by atoms with Crippen molar-refractivity contribution in [2.45, 2.75) is 38.8 Å². The molecule has 2 unspecified atom stereocenters. The molecule has 1 aromatic carbocycles. The maximum absolute atomic E-state index is 4.50. The summed E-state index contributed by atoms with van der Waals surface area (Å²) in [6.45, 7) is 4.28. The summed E-state index contributed by atoms with van der Waals surface area (Å²) in [4.78, 5) is 0. The number of piperidine rings is 1. The monoisotopic (exact) mass is 269 g/mol. The Balaban J connectivity index is 1.62. The van der Waals surface area contributed by atoms with Crippen LogP contribution in [-0.4, -0.2) is 16.3 Å². The summed E-state index contributed by atoms with van der Waals surface area (Å²) in [6.07, 6.45) is 8.06. The van der Waals surface area contributed by atoms with Crippen molar-refractivity contribution in [3.05, 3.63) is 53.9 Å². The van der Waals surface area contributed by atoms with Gasteiger partial charge in [0.25, 0.3) is 0 Å². The van der Waals surface area contributed by atoms with Crippen molar-refractivity contribution < 1.29 is 0 Å². The van der Waals surface area contributed by atoms with Gasteiger partial charge in [-0.2, -0.15) is 5.10 Å². The van der Waals surface area contributed by atoms with Crippen LogP contribution in [0.15, 0.2) is 42.7 Å². The van der Waals surface area contributed by atoms with E-state index in [-0.39, 0.29) is 0 Å². The molecule has 0 radical (unpaired) electrons. The first-order valence-corrected chi connectivity index (χ1v) is 7.65. The molecule has 3 nitrogen and oxygen atoms in total. The van der Waals surface area contributed by atoms with Gasteiger partial charge in [-0.15, -0.1) is 0 Å². The molecule has 20 heavy (non-hydrogen) atoms. The summed E-state index contributed by atoms with van der Waals surface area (Å²) in [7, 11) is 0. The number of nitrogens with one attached hydrogen (secondary N) is 1. The Morgan fingerprint density at radius 1 is 1.25 bits per heavy atom. The van der Waals surface area contributed by atoms with Crippen molar-refractivity contribution in [3.8, 4) is 0 Å². The van der Waals surface area contributed by atoms with Gasteiger partial charge in [0, 0.05) is 17.8 Å². The second kappa shape index (κ2) is 6.23. The van der Waals surface area contributed by atoms with Crippen LogP contribution in [0.2, 0.25) is 0 Å². The van der Waals surface area contributed by atoms with Gasteiger partial charge in [0.1, 0.15) is 0 Å². The molecule has 1 fully saturated rings. The van der Waals surface area contributed by atoms with E-state index in [9.17, 15) is 0 Å². The molecule has 0 amide bonds. The maximum Gasteiger partial charge on any atom is 0.0659 e. The van der Waals surface area contributed by atoms with Crippen LogP contribution in [0, 0.1) is 5.92 Å². The molecule has 1 aliphatic heterocycles. The van der Waals surface area contributed by atoms with Crippen LogP contribution in [0.3, 0.4) is 0 Å². The predicted molar refractivity (Wildman–Crippen MR) is 81.5 cm³/mol. The van der Waals surface area contributed by atoms with E-state index in [1.807, 2.05) is 16.9 Å². The molecule has 1 aliphatic rings. The van der Waals surface area contributed by atoms with Crippen LogP contribution >= 0.6 is 0 Å². The second-order valence-electron chi connectivity index (χ2n) is 5.77. The van der Waals surface area contributed by atoms with Crippen LogP contribution < -0.4 is 5.32 Å². The van der Waals surface area contributed by atoms with Gasteiger partial charge in [0.05, 0.1) is 12.7 Å². The van der Waals surface area contributed by atoms with Gasteiger partial charge in [0.2, 0.25) is 0 Å². The van der Waals surface area contributed by atoms with Crippen LogP contribution in [0.1, 0.15) is 43.4 Å². The van der Waals surface area contributed by atoms with Crippen molar-refractivity contribution in [1.29, 1.82) is 0 Å². The maximum atomic E-state index is 4.50. The topological polar surface area (TPSA) is 29.9 Å². The largest absolute Gasteiger partial charge is 0.310 e. The fourth-order valence-electron chi connectivity index (χ4n) is 2.96. The number of nitrogens with zero attached hydrogens (tertiary/aromatic N) is 2. The highest BCUT2D eigenvalue weighted by molar-refractivity contribution is 5.17. The Morgan fingerprint density at radius 3 is 2.80 bits per heavy atom. The third-order valence-corrected chi connectivity index (χ3v) is 4.34. The summed E-state index contributed by atoms with van der Waals surface area (Å²) in [5.74, 6) is 0.852. The van der Waals surface area contributed by atoms with E-state index in [2.05, 4.69) is 47.8 Å². The summed E-state index contributed by atoms with van der Waals surface area (Å²) in [5, 5.41) is 8.16. The Hall–Kier alpha value is -1.61. The van der Waals surface area contributed by atoms with Gasteiger partial charge in [-0.1, -0.05) is 43.7 Å². The highest BCUT2D eigenvalue weighted by Crippen LogP contribution is 2.26. The number of benzene rings is 1. The molecule has 0 saturated carbocycles. The first-order valence-electron chi connectivity index (χ1n) is 7.65. The Bertz CT molecular complexity index is 524. The molecular formula is C17H23N3. The lowest BCUT2D eigenvalue weighted by Gasteiger charge is -2.28. The minimum Gasteiger partial charge on any atom is -0.310 e. The molecule has 3 heteroatoms. The van der Waals surface area contributed by atoms with Gasteiger partial charge in [-0.05, 0) is 30.9 Å². The van der Waals surface area contributed by atoms with Gasteiger partial charge < -0.3 is 5.32 Å². The number of hydrogen-bond acceptors (Lipinski definition) is 2. The molecule has 106 valence electrons. The normalized spacial score (nSPS) is 22.9. The van der Waals surface area contributed by atoms with E-state index in [0.29, 0.717) is 6.04 Å². The molecule has 1 saturated heterocycles. The molecule has 0 aliphatic carbocycles. The quantitative estimate of drug-likeness (QED) is 0.922. The molecule has 1 aromatic heterocycles. The first kappa shape index (κ1) is 13.4. The third-order valence-electron chi connectivity index (χ3n) is 4.34. The molecule has 3 rings (SSSR count). The number of rotatable bonds is 4. The van der Waals surface area contributed by atoms with E-state index in [4.69, 9.17) is 0 Å². The fourth-order valence-corrected chi connectivity index (χ4v) is 2.96. The van der Waals surface area contributed by atoms with Crippen molar-refractivity contribution >= 4 is 0 Å². The van der Waals surface area contributed by atoms with Crippen LogP contribution in [0.5, 0.6) is 0 Å². The average molecular weight is 269 g/mol. The summed E-state index contributed by atoms with van der Waals surface area (Å²) in [5.41, 5.74) is 2.63. The lowest BCUT2D eigenvalue weighted by Crippen LogP contribution is -2.32. The average Bonchev–Trinajstić information content (AvgIpc) is 2.97. The number of aromatic nitrogens is 2. The summed E-state index contributed by atoms with van der Waals surface area (Å²) in [6, 6.07) is 11.0. The zero-order valence-corrected chi connectivity index (χ0v) is 12.1. The van der Waals surface area contributed by atoms with E-state index >= 15 is 0 Å². The fraction of sp³-hybridized carbons (Fsp3) is 0.471. The lowest BCUT2D eigenvalue weighted by molar-refractivity contribution is 0.308. The van der Waals surface area contributed by atoms with Crippen LogP contribution in [-0.2, 0) is 6.54 Å². The molecule has 0 bridgehead atoms. The molecule has 2 heterocycles. The second-order valence-corrected chi connectivity index (χ2v) is 5.77. The third kappa shape index (κ3) is 3.10. The highest BCUT2D eigenvalue weighted by atomic mass is 15.3. The van der Waals surface area contributed by atoms with Gasteiger partial charge in [-0.25, -0.2) is 0 Å².